The van der Waals surface area contributed by atoms with E-state index in [1.54, 1.807) is 4.90 Å². The second-order valence-electron chi connectivity index (χ2n) is 5.91. The molecule has 4 nitrogen and oxygen atoms in total. The van der Waals surface area contributed by atoms with Gasteiger partial charge in [-0.3, -0.25) is 9.59 Å². The lowest BCUT2D eigenvalue weighted by atomic mass is 10.00. The van der Waals surface area contributed by atoms with Crippen molar-refractivity contribution in [1.29, 1.82) is 0 Å². The lowest BCUT2D eigenvalue weighted by Gasteiger charge is -2.28. The molecule has 0 fully saturated rings. The third-order valence-electron chi connectivity index (χ3n) is 4.19. The van der Waals surface area contributed by atoms with Gasteiger partial charge in [0.1, 0.15) is 0 Å². The first kappa shape index (κ1) is 15.3. The molecule has 2 aromatic carbocycles. The highest BCUT2D eigenvalue weighted by Crippen LogP contribution is 2.18. The average molecular weight is 308 g/mol. The summed E-state index contributed by atoms with van der Waals surface area (Å²) in [5, 5.41) is 2.71. The minimum atomic E-state index is -0.537. The highest BCUT2D eigenvalue weighted by atomic mass is 16.2. The number of fused-ring (bicyclic) bond motifs is 1. The monoisotopic (exact) mass is 308 g/mol. The van der Waals surface area contributed by atoms with Gasteiger partial charge >= 0.3 is 11.8 Å². The van der Waals surface area contributed by atoms with E-state index >= 15 is 0 Å². The molecule has 2 amide bonds. The Labute approximate surface area is 136 Å². The van der Waals surface area contributed by atoms with E-state index < -0.39 is 11.8 Å². The number of carbonyl (C=O) groups is 2. The molecule has 0 radical (unpaired) electrons. The highest BCUT2D eigenvalue weighted by molar-refractivity contribution is 6.34. The molecule has 1 N–H and O–H groups in total. The van der Waals surface area contributed by atoms with Crippen molar-refractivity contribution < 1.29 is 9.59 Å². The molecule has 118 valence electrons. The molecule has 1 aliphatic rings. The number of benzene rings is 2. The van der Waals surface area contributed by atoms with E-state index in [0.29, 0.717) is 19.6 Å². The summed E-state index contributed by atoms with van der Waals surface area (Å²) in [5.74, 6) is -0.989. The standard InChI is InChI=1S/C19H20N2O2/c1-14-6-8-15(9-7-14)12-20-18(22)19(23)21-11-10-16-4-2-3-5-17(16)13-21/h2-9H,10-13H2,1H3,(H,20,22). The zero-order chi connectivity index (χ0) is 16.2. The van der Waals surface area contributed by atoms with Crippen molar-refractivity contribution in [1.82, 2.24) is 10.2 Å². The first-order valence-electron chi connectivity index (χ1n) is 7.83. The molecule has 0 aromatic heterocycles. The second-order valence-corrected chi connectivity index (χ2v) is 5.91. The molecule has 0 spiro atoms. The molecule has 0 saturated heterocycles. The quantitative estimate of drug-likeness (QED) is 0.865. The maximum atomic E-state index is 12.3. The first-order valence-corrected chi connectivity index (χ1v) is 7.83. The lowest BCUT2D eigenvalue weighted by molar-refractivity contribution is -0.146. The number of hydrogen-bond donors (Lipinski definition) is 1. The van der Waals surface area contributed by atoms with Crippen LogP contribution in [0.3, 0.4) is 0 Å². The van der Waals surface area contributed by atoms with Gasteiger partial charge in [0, 0.05) is 19.6 Å². The normalized spacial score (nSPS) is 13.3. The maximum Gasteiger partial charge on any atom is 0.312 e. The van der Waals surface area contributed by atoms with E-state index in [4.69, 9.17) is 0 Å². The largest absolute Gasteiger partial charge is 0.344 e. The fourth-order valence-electron chi connectivity index (χ4n) is 2.78. The van der Waals surface area contributed by atoms with Crippen LogP contribution in [0.15, 0.2) is 48.5 Å². The molecular weight excluding hydrogens is 288 g/mol. The van der Waals surface area contributed by atoms with Gasteiger partial charge in [0.05, 0.1) is 0 Å². The van der Waals surface area contributed by atoms with E-state index in [-0.39, 0.29) is 0 Å². The van der Waals surface area contributed by atoms with Gasteiger partial charge in [-0.25, -0.2) is 0 Å². The Bertz CT molecular complexity index is 722. The topological polar surface area (TPSA) is 49.4 Å². The Morgan fingerprint density at radius 3 is 2.48 bits per heavy atom. The second kappa shape index (κ2) is 6.65. The summed E-state index contributed by atoms with van der Waals surface area (Å²) < 4.78 is 0. The van der Waals surface area contributed by atoms with Crippen LogP contribution in [-0.2, 0) is 29.1 Å². The van der Waals surface area contributed by atoms with E-state index in [9.17, 15) is 9.59 Å². The maximum absolute atomic E-state index is 12.3. The van der Waals surface area contributed by atoms with Crippen molar-refractivity contribution in [3.8, 4) is 0 Å². The minimum Gasteiger partial charge on any atom is -0.344 e. The summed E-state index contributed by atoms with van der Waals surface area (Å²) >= 11 is 0. The van der Waals surface area contributed by atoms with Crippen LogP contribution < -0.4 is 5.32 Å². The molecule has 1 heterocycles. The number of rotatable bonds is 2. The number of amides is 2. The summed E-state index contributed by atoms with van der Waals surface area (Å²) in [6, 6.07) is 16.0. The number of aryl methyl sites for hydroxylation is 1. The average Bonchev–Trinajstić information content (AvgIpc) is 2.60. The summed E-state index contributed by atoms with van der Waals surface area (Å²) in [6.45, 7) is 3.48. The zero-order valence-electron chi connectivity index (χ0n) is 13.2. The SMILES string of the molecule is Cc1ccc(CNC(=O)C(=O)N2CCc3ccccc3C2)cc1. The van der Waals surface area contributed by atoms with Gasteiger partial charge in [-0.15, -0.1) is 0 Å². The molecule has 1 aliphatic heterocycles. The van der Waals surface area contributed by atoms with Crippen molar-refractivity contribution in [2.24, 2.45) is 0 Å². The summed E-state index contributed by atoms with van der Waals surface area (Å²) in [7, 11) is 0. The number of nitrogens with one attached hydrogen (secondary N) is 1. The lowest BCUT2D eigenvalue weighted by Crippen LogP contribution is -2.44. The molecule has 3 rings (SSSR count). The van der Waals surface area contributed by atoms with Gasteiger partial charge in [0.15, 0.2) is 0 Å². The minimum absolute atomic E-state index is 0.370. The van der Waals surface area contributed by atoms with Crippen molar-refractivity contribution in [2.75, 3.05) is 6.54 Å². The Balaban J connectivity index is 1.58. The van der Waals surface area contributed by atoms with Crippen molar-refractivity contribution in [3.05, 3.63) is 70.8 Å². The number of hydrogen-bond acceptors (Lipinski definition) is 2. The summed E-state index contributed by atoms with van der Waals surface area (Å²) in [4.78, 5) is 26.0. The molecule has 0 atom stereocenters. The molecular formula is C19H20N2O2. The van der Waals surface area contributed by atoms with Crippen LogP contribution in [0.2, 0.25) is 0 Å². The Hall–Kier alpha value is -2.62. The van der Waals surface area contributed by atoms with Crippen LogP contribution in [0.5, 0.6) is 0 Å². The van der Waals surface area contributed by atoms with Crippen LogP contribution in [0.4, 0.5) is 0 Å². The van der Waals surface area contributed by atoms with E-state index in [0.717, 1.165) is 17.5 Å². The fraction of sp³-hybridized carbons (Fsp3) is 0.263. The predicted octanol–water partition coefficient (Wildman–Crippen LogP) is 2.20. The molecule has 0 saturated carbocycles. The van der Waals surface area contributed by atoms with Crippen LogP contribution >= 0.6 is 0 Å². The van der Waals surface area contributed by atoms with Gasteiger partial charge in [-0.1, -0.05) is 54.1 Å². The zero-order valence-corrected chi connectivity index (χ0v) is 13.2. The highest BCUT2D eigenvalue weighted by Gasteiger charge is 2.25. The summed E-state index contributed by atoms with van der Waals surface area (Å²) in [6.07, 6.45) is 0.799. The van der Waals surface area contributed by atoms with Gasteiger partial charge in [0.2, 0.25) is 0 Å². The third kappa shape index (κ3) is 3.59. The van der Waals surface area contributed by atoms with Gasteiger partial charge in [-0.05, 0) is 30.0 Å². The molecule has 0 unspecified atom stereocenters. The number of carbonyl (C=O) groups excluding carboxylic acids is 2. The van der Waals surface area contributed by atoms with E-state index in [1.807, 2.05) is 49.4 Å². The Morgan fingerprint density at radius 2 is 1.74 bits per heavy atom. The molecule has 0 bridgehead atoms. The van der Waals surface area contributed by atoms with Gasteiger partial charge in [0.25, 0.3) is 0 Å². The van der Waals surface area contributed by atoms with Crippen LogP contribution in [0.25, 0.3) is 0 Å². The fourth-order valence-corrected chi connectivity index (χ4v) is 2.78. The Morgan fingerprint density at radius 1 is 1.04 bits per heavy atom. The van der Waals surface area contributed by atoms with Crippen LogP contribution in [0, 0.1) is 6.92 Å². The van der Waals surface area contributed by atoms with Crippen LogP contribution in [0.1, 0.15) is 22.3 Å². The molecule has 0 aliphatic carbocycles. The third-order valence-corrected chi connectivity index (χ3v) is 4.19. The first-order chi connectivity index (χ1) is 11.1. The van der Waals surface area contributed by atoms with Crippen LogP contribution in [-0.4, -0.2) is 23.3 Å². The smallest absolute Gasteiger partial charge is 0.312 e. The van der Waals surface area contributed by atoms with Gasteiger partial charge < -0.3 is 10.2 Å². The van der Waals surface area contributed by atoms with Crippen molar-refractivity contribution >= 4 is 11.8 Å². The van der Waals surface area contributed by atoms with Crippen molar-refractivity contribution in [2.45, 2.75) is 26.4 Å². The van der Waals surface area contributed by atoms with Crippen molar-refractivity contribution in [3.63, 3.8) is 0 Å². The van der Waals surface area contributed by atoms with Gasteiger partial charge in [-0.2, -0.15) is 0 Å². The summed E-state index contributed by atoms with van der Waals surface area (Å²) in [5.41, 5.74) is 4.54. The predicted molar refractivity (Wildman–Crippen MR) is 88.6 cm³/mol. The number of nitrogens with zero attached hydrogens (tertiary/aromatic N) is 1. The molecule has 2 aromatic rings. The molecule has 23 heavy (non-hydrogen) atoms. The molecule has 4 heteroatoms. The van der Waals surface area contributed by atoms with E-state index in [2.05, 4.69) is 11.4 Å². The Kier molecular flexibility index (Phi) is 4.42. The van der Waals surface area contributed by atoms with E-state index in [1.165, 1.54) is 11.1 Å².